The van der Waals surface area contributed by atoms with E-state index in [0.717, 1.165) is 25.7 Å². The van der Waals surface area contributed by atoms with Gasteiger partial charge in [-0.2, -0.15) is 0 Å². The van der Waals surface area contributed by atoms with Crippen molar-refractivity contribution in [2.45, 2.75) is 45.6 Å². The first-order valence-corrected chi connectivity index (χ1v) is 4.14. The molecule has 0 fully saturated rings. The molecular weight excluding hydrogens is 124 g/mol. The lowest BCUT2D eigenvalue weighted by molar-refractivity contribution is 0.166. The number of hydrogen-bond acceptors (Lipinski definition) is 1. The maximum atomic E-state index is 9.22. The molecular formula is C9H18O. The average Bonchev–Trinajstić information content (AvgIpc) is 1.89. The van der Waals surface area contributed by atoms with Crippen LogP contribution in [0.3, 0.4) is 0 Å². The summed E-state index contributed by atoms with van der Waals surface area (Å²) >= 11 is 0. The molecule has 0 heterocycles. The number of aliphatic hydroxyl groups is 1. The number of aliphatic hydroxyl groups excluding tert-OH is 1. The van der Waals surface area contributed by atoms with Crippen molar-refractivity contribution >= 4 is 0 Å². The van der Waals surface area contributed by atoms with Gasteiger partial charge in [0.1, 0.15) is 0 Å². The van der Waals surface area contributed by atoms with Gasteiger partial charge in [0.05, 0.1) is 6.10 Å². The van der Waals surface area contributed by atoms with E-state index in [0.29, 0.717) is 0 Å². The van der Waals surface area contributed by atoms with Gasteiger partial charge in [-0.15, -0.1) is 0 Å². The number of allylic oxidation sites excluding steroid dienone is 1. The lowest BCUT2D eigenvalue weighted by Gasteiger charge is -2.03. The van der Waals surface area contributed by atoms with Crippen molar-refractivity contribution in [1.82, 2.24) is 0 Å². The highest BCUT2D eigenvalue weighted by molar-refractivity contribution is 4.82. The highest BCUT2D eigenvalue weighted by Crippen LogP contribution is 2.01. The molecule has 0 aliphatic carbocycles. The highest BCUT2D eigenvalue weighted by Gasteiger charge is 1.96. The second kappa shape index (κ2) is 6.81. The van der Waals surface area contributed by atoms with Crippen LogP contribution < -0.4 is 0 Å². The molecule has 0 unspecified atom stereocenters. The molecule has 1 nitrogen and oxygen atoms in total. The standard InChI is InChI=1S/C9H18O/c1-3-5-6-8-9(10)7-4-2/h5-6,9-10H,3-4,7-8H2,1-2H3/b6-5-/t9-/m1/s1. The van der Waals surface area contributed by atoms with Crippen molar-refractivity contribution in [3.05, 3.63) is 12.2 Å². The molecule has 10 heavy (non-hydrogen) atoms. The van der Waals surface area contributed by atoms with Crippen LogP contribution in [0.15, 0.2) is 12.2 Å². The minimum Gasteiger partial charge on any atom is -0.393 e. The first kappa shape index (κ1) is 9.70. The smallest absolute Gasteiger partial charge is 0.0574 e. The van der Waals surface area contributed by atoms with Crippen LogP contribution in [0.25, 0.3) is 0 Å². The van der Waals surface area contributed by atoms with Crippen molar-refractivity contribution in [3.8, 4) is 0 Å². The summed E-state index contributed by atoms with van der Waals surface area (Å²) in [6.45, 7) is 4.19. The Morgan fingerprint density at radius 3 is 2.50 bits per heavy atom. The van der Waals surface area contributed by atoms with Gasteiger partial charge in [0.25, 0.3) is 0 Å². The molecule has 0 amide bonds. The summed E-state index contributed by atoms with van der Waals surface area (Å²) in [5.74, 6) is 0. The monoisotopic (exact) mass is 142 g/mol. The average molecular weight is 142 g/mol. The topological polar surface area (TPSA) is 20.2 Å². The van der Waals surface area contributed by atoms with E-state index in [1.807, 2.05) is 0 Å². The van der Waals surface area contributed by atoms with Gasteiger partial charge in [-0.1, -0.05) is 32.4 Å². The van der Waals surface area contributed by atoms with Crippen LogP contribution in [0.1, 0.15) is 39.5 Å². The number of rotatable bonds is 5. The predicted octanol–water partition coefficient (Wildman–Crippen LogP) is 2.50. The minimum absolute atomic E-state index is 0.118. The number of hydrogen-bond donors (Lipinski definition) is 1. The largest absolute Gasteiger partial charge is 0.393 e. The zero-order valence-electron chi connectivity index (χ0n) is 7.01. The molecule has 1 N–H and O–H groups in total. The first-order chi connectivity index (χ1) is 4.81. The highest BCUT2D eigenvalue weighted by atomic mass is 16.3. The van der Waals surface area contributed by atoms with E-state index < -0.39 is 0 Å². The molecule has 0 rings (SSSR count). The molecule has 1 atom stereocenters. The lowest BCUT2D eigenvalue weighted by Crippen LogP contribution is -2.02. The van der Waals surface area contributed by atoms with Gasteiger partial charge < -0.3 is 5.11 Å². The molecule has 0 saturated carbocycles. The van der Waals surface area contributed by atoms with Gasteiger partial charge >= 0.3 is 0 Å². The summed E-state index contributed by atoms with van der Waals surface area (Å²) in [6, 6.07) is 0. The first-order valence-electron chi connectivity index (χ1n) is 4.14. The van der Waals surface area contributed by atoms with E-state index in [9.17, 15) is 5.11 Å². The Morgan fingerprint density at radius 2 is 2.00 bits per heavy atom. The summed E-state index contributed by atoms with van der Waals surface area (Å²) in [6.07, 6.45) is 7.92. The molecule has 0 aliphatic rings. The van der Waals surface area contributed by atoms with E-state index >= 15 is 0 Å². The Bertz CT molecular complexity index is 86.7. The molecule has 0 aromatic heterocycles. The van der Waals surface area contributed by atoms with Gasteiger partial charge in [-0.25, -0.2) is 0 Å². The summed E-state index contributed by atoms with van der Waals surface area (Å²) in [5.41, 5.74) is 0. The molecule has 1 heteroatoms. The normalized spacial score (nSPS) is 14.3. The second-order valence-corrected chi connectivity index (χ2v) is 2.56. The molecule has 60 valence electrons. The lowest BCUT2D eigenvalue weighted by atomic mass is 10.1. The molecule has 0 aromatic carbocycles. The maximum Gasteiger partial charge on any atom is 0.0574 e. The van der Waals surface area contributed by atoms with Gasteiger partial charge in [-0.05, 0) is 19.3 Å². The van der Waals surface area contributed by atoms with Crippen molar-refractivity contribution in [2.75, 3.05) is 0 Å². The van der Waals surface area contributed by atoms with Crippen LogP contribution in [-0.4, -0.2) is 11.2 Å². The Morgan fingerprint density at radius 1 is 1.30 bits per heavy atom. The van der Waals surface area contributed by atoms with Gasteiger partial charge in [0.2, 0.25) is 0 Å². The predicted molar refractivity (Wildman–Crippen MR) is 45.0 cm³/mol. The second-order valence-electron chi connectivity index (χ2n) is 2.56. The summed E-state index contributed by atoms with van der Waals surface area (Å²) in [7, 11) is 0. The Hall–Kier alpha value is -0.300. The molecule has 0 bridgehead atoms. The zero-order chi connectivity index (χ0) is 7.82. The fourth-order valence-electron chi connectivity index (χ4n) is 0.871. The Labute approximate surface area is 63.8 Å². The SMILES string of the molecule is CC/C=C\C[C@H](O)CCC. The fourth-order valence-corrected chi connectivity index (χ4v) is 0.871. The fraction of sp³-hybridized carbons (Fsp3) is 0.778. The third-order valence-corrected chi connectivity index (χ3v) is 1.43. The van der Waals surface area contributed by atoms with Crippen molar-refractivity contribution in [1.29, 1.82) is 0 Å². The van der Waals surface area contributed by atoms with E-state index in [1.165, 1.54) is 0 Å². The molecule has 0 aromatic rings. The van der Waals surface area contributed by atoms with Crippen LogP contribution in [0, 0.1) is 0 Å². The van der Waals surface area contributed by atoms with Crippen LogP contribution >= 0.6 is 0 Å². The van der Waals surface area contributed by atoms with E-state index in [-0.39, 0.29) is 6.10 Å². The van der Waals surface area contributed by atoms with E-state index in [1.54, 1.807) is 0 Å². The minimum atomic E-state index is -0.118. The zero-order valence-corrected chi connectivity index (χ0v) is 7.01. The van der Waals surface area contributed by atoms with Crippen molar-refractivity contribution < 1.29 is 5.11 Å². The van der Waals surface area contributed by atoms with E-state index in [2.05, 4.69) is 26.0 Å². The van der Waals surface area contributed by atoms with Crippen LogP contribution in [0.5, 0.6) is 0 Å². The van der Waals surface area contributed by atoms with Crippen molar-refractivity contribution in [3.63, 3.8) is 0 Å². The van der Waals surface area contributed by atoms with Crippen LogP contribution in [0.4, 0.5) is 0 Å². The quantitative estimate of drug-likeness (QED) is 0.585. The Balaban J connectivity index is 3.20. The van der Waals surface area contributed by atoms with Crippen LogP contribution in [-0.2, 0) is 0 Å². The molecule has 0 saturated heterocycles. The van der Waals surface area contributed by atoms with Gasteiger partial charge in [0.15, 0.2) is 0 Å². The Kier molecular flexibility index (Phi) is 6.61. The van der Waals surface area contributed by atoms with Gasteiger partial charge in [-0.3, -0.25) is 0 Å². The third kappa shape index (κ3) is 5.83. The molecule has 0 aliphatic heterocycles. The van der Waals surface area contributed by atoms with E-state index in [4.69, 9.17) is 0 Å². The van der Waals surface area contributed by atoms with Crippen LogP contribution in [0.2, 0.25) is 0 Å². The van der Waals surface area contributed by atoms with Gasteiger partial charge in [0, 0.05) is 0 Å². The molecule has 0 radical (unpaired) electrons. The summed E-state index contributed by atoms with van der Waals surface area (Å²) in [4.78, 5) is 0. The maximum absolute atomic E-state index is 9.22. The molecule has 0 spiro atoms. The van der Waals surface area contributed by atoms with Crippen molar-refractivity contribution in [2.24, 2.45) is 0 Å². The summed E-state index contributed by atoms with van der Waals surface area (Å²) < 4.78 is 0. The summed E-state index contributed by atoms with van der Waals surface area (Å²) in [5, 5.41) is 9.22. The third-order valence-electron chi connectivity index (χ3n) is 1.43.